The van der Waals surface area contributed by atoms with Crippen molar-refractivity contribution in [1.29, 1.82) is 0 Å². The van der Waals surface area contributed by atoms with Gasteiger partial charge in [0.05, 0.1) is 4.92 Å². The largest absolute Gasteiger partial charge is 0.436 e. The zero-order valence-electron chi connectivity index (χ0n) is 24.4. The second kappa shape index (κ2) is 12.3. The van der Waals surface area contributed by atoms with Crippen LogP contribution in [0.2, 0.25) is 0 Å². The number of ether oxygens (including phenoxy) is 1. The number of para-hydroxylation sites is 2. The standard InChI is InChI=1S/C20H22N2O2.C14H9FN2O3/c1-13-3-2-4-18-19(13)22-20(24-18)16-6-5-15(17(21)12-16)11-14-7-9-23-10-8-14;1-8-3-2-4-12-13(8)16-14(20-12)9-5-6-10(15)11(7-9)17(18)19/h2-6,12,14H,7-11,21H2,1H3;2-7H,1H3. The number of rotatable bonds is 5. The summed E-state index contributed by atoms with van der Waals surface area (Å²) >= 11 is 0. The number of nitro benzene ring substituents is 1. The minimum Gasteiger partial charge on any atom is -0.436 e. The van der Waals surface area contributed by atoms with E-state index in [1.165, 1.54) is 11.6 Å². The van der Waals surface area contributed by atoms with Gasteiger partial charge < -0.3 is 19.3 Å². The Morgan fingerprint density at radius 2 is 1.43 bits per heavy atom. The van der Waals surface area contributed by atoms with Gasteiger partial charge in [-0.15, -0.1) is 0 Å². The highest BCUT2D eigenvalue weighted by Gasteiger charge is 2.19. The minimum absolute atomic E-state index is 0.234. The van der Waals surface area contributed by atoms with Crippen LogP contribution in [0.4, 0.5) is 15.8 Å². The lowest BCUT2D eigenvalue weighted by Crippen LogP contribution is -2.18. The van der Waals surface area contributed by atoms with E-state index in [0.29, 0.717) is 28.5 Å². The van der Waals surface area contributed by atoms with Gasteiger partial charge in [0, 0.05) is 36.1 Å². The van der Waals surface area contributed by atoms with Crippen molar-refractivity contribution >= 4 is 33.6 Å². The lowest BCUT2D eigenvalue weighted by molar-refractivity contribution is -0.387. The highest BCUT2D eigenvalue weighted by molar-refractivity contribution is 5.80. The molecule has 1 fully saturated rings. The molecule has 6 aromatic rings. The summed E-state index contributed by atoms with van der Waals surface area (Å²) in [6.45, 7) is 5.66. The van der Waals surface area contributed by atoms with Crippen LogP contribution in [0.3, 0.4) is 0 Å². The van der Waals surface area contributed by atoms with Crippen LogP contribution in [-0.4, -0.2) is 28.1 Å². The van der Waals surface area contributed by atoms with E-state index in [0.717, 1.165) is 78.1 Å². The molecule has 1 aliphatic heterocycles. The second-order valence-electron chi connectivity index (χ2n) is 11.0. The maximum Gasteiger partial charge on any atom is 0.305 e. The average Bonchev–Trinajstić information content (AvgIpc) is 3.66. The third kappa shape index (κ3) is 6.02. The number of hydrogen-bond donors (Lipinski definition) is 1. The van der Waals surface area contributed by atoms with Crippen molar-refractivity contribution in [3.05, 3.63) is 105 Å². The molecule has 1 saturated heterocycles. The number of anilines is 1. The minimum atomic E-state index is -0.883. The summed E-state index contributed by atoms with van der Waals surface area (Å²) in [6.07, 6.45) is 3.25. The lowest BCUT2D eigenvalue weighted by Gasteiger charge is -2.22. The summed E-state index contributed by atoms with van der Waals surface area (Å²) in [5.41, 5.74) is 14.1. The molecule has 1 aliphatic rings. The predicted octanol–water partition coefficient (Wildman–Crippen LogP) is 8.21. The van der Waals surface area contributed by atoms with E-state index in [1.807, 2.05) is 50.2 Å². The number of fused-ring (bicyclic) bond motifs is 2. The van der Waals surface area contributed by atoms with Crippen molar-refractivity contribution in [3.63, 3.8) is 0 Å². The third-order valence-electron chi connectivity index (χ3n) is 7.87. The maximum atomic E-state index is 13.3. The molecule has 7 rings (SSSR count). The molecule has 0 bridgehead atoms. The van der Waals surface area contributed by atoms with Gasteiger partial charge in [0.25, 0.3) is 0 Å². The first-order chi connectivity index (χ1) is 21.3. The van der Waals surface area contributed by atoms with Crippen LogP contribution in [-0.2, 0) is 11.2 Å². The van der Waals surface area contributed by atoms with Gasteiger partial charge in [-0.25, -0.2) is 9.97 Å². The van der Waals surface area contributed by atoms with E-state index in [4.69, 9.17) is 19.3 Å². The van der Waals surface area contributed by atoms with E-state index in [-0.39, 0.29) is 5.89 Å². The Balaban J connectivity index is 0.000000159. The van der Waals surface area contributed by atoms with Crippen molar-refractivity contribution in [3.8, 4) is 22.9 Å². The molecule has 44 heavy (non-hydrogen) atoms. The first-order valence-corrected chi connectivity index (χ1v) is 14.4. The number of nitrogens with zero attached hydrogens (tertiary/aromatic N) is 3. The summed E-state index contributed by atoms with van der Waals surface area (Å²) in [6, 6.07) is 21.2. The molecule has 0 atom stereocenters. The first kappa shape index (κ1) is 29.0. The van der Waals surface area contributed by atoms with Crippen LogP contribution < -0.4 is 5.73 Å². The van der Waals surface area contributed by atoms with Gasteiger partial charge in [-0.3, -0.25) is 10.1 Å². The van der Waals surface area contributed by atoms with E-state index < -0.39 is 16.4 Å². The Morgan fingerprint density at radius 3 is 1.98 bits per heavy atom. The summed E-state index contributed by atoms with van der Waals surface area (Å²) in [5, 5.41) is 10.7. The maximum absolute atomic E-state index is 13.3. The molecular formula is C34H31FN4O5. The number of hydrogen-bond acceptors (Lipinski definition) is 8. The fraction of sp³-hybridized carbons (Fsp3) is 0.235. The quantitative estimate of drug-likeness (QED) is 0.120. The zero-order valence-corrected chi connectivity index (χ0v) is 24.4. The Morgan fingerprint density at radius 1 is 0.864 bits per heavy atom. The SMILES string of the molecule is Cc1cccc2oc(-c3ccc(CC4CCOCC4)c(N)c3)nc12.Cc1cccc2oc(-c3ccc(F)c([N+](=O)[O-])c3)nc12. The fourth-order valence-electron chi connectivity index (χ4n) is 5.38. The van der Waals surface area contributed by atoms with E-state index in [2.05, 4.69) is 22.1 Å². The lowest BCUT2D eigenvalue weighted by atomic mass is 9.91. The molecular weight excluding hydrogens is 563 g/mol. The molecule has 10 heteroatoms. The van der Waals surface area contributed by atoms with Gasteiger partial charge in [-0.2, -0.15) is 4.39 Å². The topological polar surface area (TPSA) is 130 Å². The molecule has 0 unspecified atom stereocenters. The monoisotopic (exact) mass is 594 g/mol. The van der Waals surface area contributed by atoms with Crippen molar-refractivity contribution in [2.24, 2.45) is 5.92 Å². The number of nitrogens with two attached hydrogens (primary N) is 1. The average molecular weight is 595 g/mol. The zero-order chi connectivity index (χ0) is 30.8. The summed E-state index contributed by atoms with van der Waals surface area (Å²) < 4.78 is 30.2. The highest BCUT2D eigenvalue weighted by Crippen LogP contribution is 2.31. The van der Waals surface area contributed by atoms with Gasteiger partial charge in [0.1, 0.15) is 11.0 Å². The van der Waals surface area contributed by atoms with Gasteiger partial charge in [0.2, 0.25) is 17.6 Å². The van der Waals surface area contributed by atoms with Crippen LogP contribution in [0.25, 0.3) is 45.1 Å². The molecule has 0 spiro atoms. The first-order valence-electron chi connectivity index (χ1n) is 14.4. The van der Waals surface area contributed by atoms with Gasteiger partial charge in [0.15, 0.2) is 11.2 Å². The van der Waals surface area contributed by atoms with Crippen LogP contribution in [0, 0.1) is 35.7 Å². The Hall–Kier alpha value is -5.09. The Kier molecular flexibility index (Phi) is 8.08. The number of aryl methyl sites for hydroxylation is 2. The molecule has 9 nitrogen and oxygen atoms in total. The summed E-state index contributed by atoms with van der Waals surface area (Å²) in [5.74, 6) is 0.644. The number of nitrogen functional groups attached to an aromatic ring is 1. The number of halogens is 1. The molecule has 2 N–H and O–H groups in total. The normalized spacial score (nSPS) is 13.6. The second-order valence-corrected chi connectivity index (χ2v) is 11.0. The molecule has 0 saturated carbocycles. The van der Waals surface area contributed by atoms with Crippen molar-refractivity contribution in [2.75, 3.05) is 18.9 Å². The van der Waals surface area contributed by atoms with Crippen LogP contribution in [0.1, 0.15) is 29.5 Å². The number of oxazole rings is 2. The number of benzene rings is 4. The van der Waals surface area contributed by atoms with E-state index >= 15 is 0 Å². The smallest absolute Gasteiger partial charge is 0.305 e. The molecule has 0 aliphatic carbocycles. The van der Waals surface area contributed by atoms with Crippen LogP contribution in [0.5, 0.6) is 0 Å². The summed E-state index contributed by atoms with van der Waals surface area (Å²) in [7, 11) is 0. The van der Waals surface area contributed by atoms with Crippen molar-refractivity contribution < 1.29 is 22.9 Å². The van der Waals surface area contributed by atoms with Crippen LogP contribution in [0.15, 0.2) is 81.6 Å². The van der Waals surface area contributed by atoms with Crippen molar-refractivity contribution in [2.45, 2.75) is 33.1 Å². The Labute approximate surface area is 252 Å². The molecule has 224 valence electrons. The number of aromatic nitrogens is 2. The van der Waals surface area contributed by atoms with Crippen LogP contribution >= 0.6 is 0 Å². The Bertz CT molecular complexity index is 1980. The van der Waals surface area contributed by atoms with Crippen molar-refractivity contribution in [1.82, 2.24) is 9.97 Å². The van der Waals surface area contributed by atoms with Gasteiger partial charge in [-0.05, 0) is 92.1 Å². The van der Waals surface area contributed by atoms with Gasteiger partial charge >= 0.3 is 5.69 Å². The molecule has 0 radical (unpaired) electrons. The molecule has 0 amide bonds. The predicted molar refractivity (Wildman–Crippen MR) is 167 cm³/mol. The van der Waals surface area contributed by atoms with E-state index in [9.17, 15) is 14.5 Å². The fourth-order valence-corrected chi connectivity index (χ4v) is 5.38. The summed E-state index contributed by atoms with van der Waals surface area (Å²) in [4.78, 5) is 18.9. The molecule has 4 aromatic carbocycles. The van der Waals surface area contributed by atoms with Gasteiger partial charge in [-0.1, -0.05) is 30.3 Å². The highest BCUT2D eigenvalue weighted by atomic mass is 19.1. The molecule has 2 aromatic heterocycles. The third-order valence-corrected chi connectivity index (χ3v) is 7.87. The van der Waals surface area contributed by atoms with E-state index in [1.54, 1.807) is 6.07 Å². The number of nitro groups is 1. The molecule has 3 heterocycles.